The molecule has 494 valence electrons. The van der Waals surface area contributed by atoms with Crippen LogP contribution in [0.15, 0.2) is 36.5 Å². The van der Waals surface area contributed by atoms with Gasteiger partial charge in [-0.1, -0.05) is 281 Å². The third kappa shape index (κ3) is 39.3. The molecule has 0 bridgehead atoms. The molecule has 2 heterocycles. The summed E-state index contributed by atoms with van der Waals surface area (Å²) >= 11 is 0. The minimum atomic E-state index is -1.79. The van der Waals surface area contributed by atoms with E-state index in [2.05, 4.69) is 43.5 Å². The number of hydrogen-bond acceptors (Lipinski definition) is 13. The standard InChI is InChI=1S/C70H131NO13/c1-3-5-7-9-11-13-15-17-18-19-20-21-22-23-24-25-26-27-28-29-30-31-32-33-34-35-36-37-38-39-40-42-44-46-48-50-52-54-62(75)71-58(59(74)53-51-49-47-45-43-41-16-14-12-10-8-6-4-2)57-81-69-67(80)65(78)68(61(56-73)83-69)84-70-66(79)64(77)63(76)60(55-72)82-70/h19-20,43,45,51,53,58-61,63-70,72-74,76-80H,3-18,21-42,44,46-50,52,54-57H2,1-2H3,(H,71,75)/b20-19-,45-43+,53-51+. The molecule has 2 aliphatic rings. The highest BCUT2D eigenvalue weighted by atomic mass is 16.7. The van der Waals surface area contributed by atoms with E-state index in [0.717, 1.165) is 32.1 Å². The summed E-state index contributed by atoms with van der Waals surface area (Å²) in [4.78, 5) is 13.3. The van der Waals surface area contributed by atoms with Gasteiger partial charge in [-0.05, 0) is 57.8 Å². The molecule has 0 aromatic carbocycles. The topological polar surface area (TPSA) is 228 Å². The maximum atomic E-state index is 13.3. The van der Waals surface area contributed by atoms with E-state index in [1.165, 1.54) is 244 Å². The first-order valence-electron chi connectivity index (χ1n) is 35.2. The molecule has 2 rings (SSSR count). The largest absolute Gasteiger partial charge is 0.394 e. The van der Waals surface area contributed by atoms with E-state index in [1.807, 2.05) is 6.08 Å². The summed E-state index contributed by atoms with van der Waals surface area (Å²) in [6, 6.07) is -0.929. The molecular formula is C70H131NO13. The van der Waals surface area contributed by atoms with Crippen LogP contribution in [0.4, 0.5) is 0 Å². The Morgan fingerprint density at radius 3 is 1.17 bits per heavy atom. The molecule has 0 saturated carbocycles. The van der Waals surface area contributed by atoms with Crippen LogP contribution < -0.4 is 5.32 Å². The van der Waals surface area contributed by atoms with Crippen molar-refractivity contribution in [2.24, 2.45) is 0 Å². The Balaban J connectivity index is 1.56. The first kappa shape index (κ1) is 78.3. The quantitative estimate of drug-likeness (QED) is 0.0204. The van der Waals surface area contributed by atoms with Crippen LogP contribution in [0.2, 0.25) is 0 Å². The highest BCUT2D eigenvalue weighted by Crippen LogP contribution is 2.30. The third-order valence-corrected chi connectivity index (χ3v) is 17.3. The minimum absolute atomic E-state index is 0.245. The van der Waals surface area contributed by atoms with Gasteiger partial charge < -0.3 is 65.1 Å². The number of nitrogens with one attached hydrogen (secondary N) is 1. The molecule has 14 nitrogen and oxygen atoms in total. The van der Waals surface area contributed by atoms with E-state index < -0.39 is 86.8 Å². The predicted molar refractivity (Wildman–Crippen MR) is 341 cm³/mol. The minimum Gasteiger partial charge on any atom is -0.394 e. The Kier molecular flexibility index (Phi) is 51.5. The number of aliphatic hydroxyl groups is 8. The van der Waals surface area contributed by atoms with Crippen LogP contribution in [0.1, 0.15) is 309 Å². The Bertz CT molecular complexity index is 1550. The average Bonchev–Trinajstić information content (AvgIpc) is 3.52. The predicted octanol–water partition coefficient (Wildman–Crippen LogP) is 14.1. The van der Waals surface area contributed by atoms with Crippen molar-refractivity contribution < 1.29 is 64.6 Å². The average molecular weight is 1190 g/mol. The Morgan fingerprint density at radius 2 is 0.762 bits per heavy atom. The van der Waals surface area contributed by atoms with Gasteiger partial charge in [0.25, 0.3) is 0 Å². The SMILES string of the molecule is CCCCCCCCC/C=C/CC/C=C/C(O)C(COC1OC(CO)C(OC2OC(CO)C(O)C(O)C2O)C(O)C1O)NC(=O)CCCCCCCCCCCCCCCCCCCCCCCCCCC/C=C\CCCCCCCCCC. The van der Waals surface area contributed by atoms with Crippen molar-refractivity contribution >= 4 is 5.91 Å². The van der Waals surface area contributed by atoms with E-state index in [-0.39, 0.29) is 18.9 Å². The van der Waals surface area contributed by atoms with Gasteiger partial charge >= 0.3 is 0 Å². The summed E-state index contributed by atoms with van der Waals surface area (Å²) in [5.41, 5.74) is 0. The molecule has 14 heteroatoms. The lowest BCUT2D eigenvalue weighted by Gasteiger charge is -2.46. The molecule has 0 aliphatic carbocycles. The molecule has 2 fully saturated rings. The molecule has 0 radical (unpaired) electrons. The molecule has 2 saturated heterocycles. The lowest BCUT2D eigenvalue weighted by atomic mass is 9.97. The maximum absolute atomic E-state index is 13.3. The zero-order valence-corrected chi connectivity index (χ0v) is 53.7. The zero-order valence-electron chi connectivity index (χ0n) is 53.7. The smallest absolute Gasteiger partial charge is 0.220 e. The Hall–Kier alpha value is -1.79. The monoisotopic (exact) mass is 1190 g/mol. The van der Waals surface area contributed by atoms with Gasteiger partial charge in [0.05, 0.1) is 32.0 Å². The van der Waals surface area contributed by atoms with Crippen LogP contribution in [-0.4, -0.2) is 140 Å². The molecule has 12 unspecified atom stereocenters. The number of rotatable bonds is 58. The molecule has 9 N–H and O–H groups in total. The van der Waals surface area contributed by atoms with Gasteiger partial charge in [-0.3, -0.25) is 4.79 Å². The molecule has 0 spiro atoms. The molecule has 1 amide bonds. The van der Waals surface area contributed by atoms with Gasteiger partial charge in [0.15, 0.2) is 12.6 Å². The zero-order chi connectivity index (χ0) is 60.9. The number of aliphatic hydroxyl groups excluding tert-OH is 8. The van der Waals surface area contributed by atoms with E-state index in [9.17, 15) is 45.6 Å². The van der Waals surface area contributed by atoms with Gasteiger partial charge in [-0.15, -0.1) is 0 Å². The van der Waals surface area contributed by atoms with Crippen molar-refractivity contribution in [3.8, 4) is 0 Å². The van der Waals surface area contributed by atoms with Gasteiger partial charge in [-0.25, -0.2) is 0 Å². The van der Waals surface area contributed by atoms with Crippen LogP contribution in [0.5, 0.6) is 0 Å². The highest BCUT2D eigenvalue weighted by Gasteiger charge is 2.51. The number of ether oxygens (including phenoxy) is 4. The van der Waals surface area contributed by atoms with Crippen LogP contribution in [0.25, 0.3) is 0 Å². The van der Waals surface area contributed by atoms with E-state index >= 15 is 0 Å². The van der Waals surface area contributed by atoms with Gasteiger partial charge in [-0.2, -0.15) is 0 Å². The lowest BCUT2D eigenvalue weighted by molar-refractivity contribution is -0.359. The molecule has 12 atom stereocenters. The molecule has 2 aliphatic heterocycles. The van der Waals surface area contributed by atoms with E-state index in [0.29, 0.717) is 12.8 Å². The fourth-order valence-corrected chi connectivity index (χ4v) is 11.7. The normalized spacial score (nSPS) is 23.8. The molecule has 0 aromatic heterocycles. The highest BCUT2D eigenvalue weighted by molar-refractivity contribution is 5.76. The van der Waals surface area contributed by atoms with Crippen LogP contribution in [0, 0.1) is 0 Å². The van der Waals surface area contributed by atoms with Gasteiger partial charge in [0.2, 0.25) is 5.91 Å². The molecule has 0 aromatic rings. The number of hydrogen-bond donors (Lipinski definition) is 9. The van der Waals surface area contributed by atoms with Crippen molar-refractivity contribution in [3.63, 3.8) is 0 Å². The van der Waals surface area contributed by atoms with Gasteiger partial charge in [0, 0.05) is 6.42 Å². The van der Waals surface area contributed by atoms with E-state index in [1.54, 1.807) is 6.08 Å². The fourth-order valence-electron chi connectivity index (χ4n) is 11.7. The van der Waals surface area contributed by atoms with Crippen LogP contribution in [0.3, 0.4) is 0 Å². The second kappa shape index (κ2) is 55.3. The molecule has 84 heavy (non-hydrogen) atoms. The van der Waals surface area contributed by atoms with Crippen LogP contribution in [-0.2, 0) is 23.7 Å². The first-order valence-corrected chi connectivity index (χ1v) is 35.2. The summed E-state index contributed by atoms with van der Waals surface area (Å²) < 4.78 is 22.8. The second-order valence-electron chi connectivity index (χ2n) is 25.0. The van der Waals surface area contributed by atoms with Crippen molar-refractivity contribution in [3.05, 3.63) is 36.5 Å². The van der Waals surface area contributed by atoms with Crippen LogP contribution >= 0.6 is 0 Å². The van der Waals surface area contributed by atoms with E-state index in [4.69, 9.17) is 18.9 Å². The van der Waals surface area contributed by atoms with Crippen molar-refractivity contribution in [1.82, 2.24) is 5.32 Å². The maximum Gasteiger partial charge on any atom is 0.220 e. The lowest BCUT2D eigenvalue weighted by Crippen LogP contribution is -2.65. The first-order chi connectivity index (χ1) is 41.1. The Morgan fingerprint density at radius 1 is 0.417 bits per heavy atom. The Labute approximate surface area is 512 Å². The fraction of sp³-hybridized carbons (Fsp3) is 0.900. The summed E-state index contributed by atoms with van der Waals surface area (Å²) in [6.07, 6.45) is 53.8. The number of carbonyl (C=O) groups is 1. The number of amides is 1. The number of carbonyl (C=O) groups excluding carboxylic acids is 1. The summed E-state index contributed by atoms with van der Waals surface area (Å²) in [6.45, 7) is 2.79. The van der Waals surface area contributed by atoms with Crippen molar-refractivity contribution in [2.75, 3.05) is 19.8 Å². The van der Waals surface area contributed by atoms with Crippen molar-refractivity contribution in [2.45, 2.75) is 383 Å². The number of allylic oxidation sites excluding steroid dienone is 5. The summed E-state index contributed by atoms with van der Waals surface area (Å²) in [5.74, 6) is -0.245. The summed E-state index contributed by atoms with van der Waals surface area (Å²) in [5, 5.41) is 87.1. The van der Waals surface area contributed by atoms with Gasteiger partial charge in [0.1, 0.15) is 48.8 Å². The summed E-state index contributed by atoms with van der Waals surface area (Å²) in [7, 11) is 0. The van der Waals surface area contributed by atoms with Crippen molar-refractivity contribution in [1.29, 1.82) is 0 Å². The third-order valence-electron chi connectivity index (χ3n) is 17.3. The number of unbranched alkanes of at least 4 members (excludes halogenated alkanes) is 41. The second-order valence-corrected chi connectivity index (χ2v) is 25.0. The molecular weight excluding hydrogens is 1060 g/mol.